The van der Waals surface area contributed by atoms with Crippen LogP contribution in [0.4, 0.5) is 14.6 Å². The first-order chi connectivity index (χ1) is 14.6. The predicted molar refractivity (Wildman–Crippen MR) is 108 cm³/mol. The molecule has 4 heterocycles. The maximum atomic E-state index is 13.9. The second kappa shape index (κ2) is 7.03. The highest BCUT2D eigenvalue weighted by molar-refractivity contribution is 5.82. The van der Waals surface area contributed by atoms with Crippen molar-refractivity contribution < 1.29 is 8.78 Å². The van der Waals surface area contributed by atoms with Crippen LogP contribution in [-0.4, -0.2) is 24.3 Å². The molecule has 30 heavy (non-hydrogen) atoms. The van der Waals surface area contributed by atoms with Gasteiger partial charge in [0.25, 0.3) is 5.56 Å². The molecule has 1 aromatic carbocycles. The molecule has 9 heteroatoms. The molecule has 5 rings (SSSR count). The van der Waals surface area contributed by atoms with E-state index in [1.54, 1.807) is 12.1 Å². The van der Waals surface area contributed by atoms with Gasteiger partial charge in [-0.15, -0.1) is 0 Å². The minimum Gasteiger partial charge on any atom is -0.364 e. The van der Waals surface area contributed by atoms with Crippen LogP contribution >= 0.6 is 0 Å². The second-order valence-corrected chi connectivity index (χ2v) is 6.68. The van der Waals surface area contributed by atoms with Crippen molar-refractivity contribution >= 4 is 22.5 Å². The van der Waals surface area contributed by atoms with Crippen LogP contribution in [0.1, 0.15) is 5.56 Å². The zero-order valence-corrected chi connectivity index (χ0v) is 15.4. The summed E-state index contributed by atoms with van der Waals surface area (Å²) in [5.74, 6) is -0.490. The molecule has 0 aliphatic heterocycles. The molecule has 0 atom stereocenters. The van der Waals surface area contributed by atoms with E-state index in [0.717, 1.165) is 6.20 Å². The molecule has 7 nitrogen and oxygen atoms in total. The van der Waals surface area contributed by atoms with E-state index in [1.807, 2.05) is 0 Å². The van der Waals surface area contributed by atoms with Crippen LogP contribution in [0.3, 0.4) is 0 Å². The Morgan fingerprint density at radius 2 is 1.93 bits per heavy atom. The highest BCUT2D eigenvalue weighted by Crippen LogP contribution is 2.24. The summed E-state index contributed by atoms with van der Waals surface area (Å²) in [4.78, 5) is 28.6. The van der Waals surface area contributed by atoms with Crippen LogP contribution in [0.15, 0.2) is 66.1 Å². The SMILES string of the molecule is O=c1c(-c2cccc(F)c2)c(CNc2ncnc3nc[nH]c23)cc2ccc(F)cn12. The molecule has 0 amide bonds. The van der Waals surface area contributed by atoms with Gasteiger partial charge < -0.3 is 10.3 Å². The summed E-state index contributed by atoms with van der Waals surface area (Å²) in [6, 6.07) is 10.3. The van der Waals surface area contributed by atoms with Crippen molar-refractivity contribution in [3.05, 3.63) is 88.9 Å². The summed E-state index contributed by atoms with van der Waals surface area (Å²) in [6.45, 7) is 0.222. The lowest BCUT2D eigenvalue weighted by atomic mass is 10.0. The summed E-state index contributed by atoms with van der Waals surface area (Å²) >= 11 is 0. The number of imidazole rings is 1. The smallest absolute Gasteiger partial charge is 0.263 e. The number of H-pyrrole nitrogens is 1. The summed E-state index contributed by atoms with van der Waals surface area (Å²) in [5.41, 5.74) is 2.51. The lowest BCUT2D eigenvalue weighted by Gasteiger charge is -2.14. The normalized spacial score (nSPS) is 11.3. The van der Waals surface area contributed by atoms with Crippen molar-refractivity contribution in [3.8, 4) is 11.1 Å². The van der Waals surface area contributed by atoms with E-state index in [2.05, 4.69) is 25.3 Å². The molecular weight excluding hydrogens is 390 g/mol. The molecule has 0 aliphatic carbocycles. The van der Waals surface area contributed by atoms with E-state index in [-0.39, 0.29) is 12.1 Å². The maximum absolute atomic E-state index is 13.9. The zero-order chi connectivity index (χ0) is 20.7. The van der Waals surface area contributed by atoms with Crippen molar-refractivity contribution in [1.29, 1.82) is 0 Å². The van der Waals surface area contributed by atoms with Gasteiger partial charge in [-0.25, -0.2) is 23.7 Å². The predicted octanol–water partition coefficient (Wildman–Crippen LogP) is 3.52. The summed E-state index contributed by atoms with van der Waals surface area (Å²) in [5, 5.41) is 3.18. The average Bonchev–Trinajstić information content (AvgIpc) is 3.22. The van der Waals surface area contributed by atoms with E-state index in [9.17, 15) is 13.6 Å². The van der Waals surface area contributed by atoms with Gasteiger partial charge in [0.15, 0.2) is 11.5 Å². The van der Waals surface area contributed by atoms with Gasteiger partial charge in [0, 0.05) is 18.3 Å². The molecule has 148 valence electrons. The number of fused-ring (bicyclic) bond motifs is 2. The van der Waals surface area contributed by atoms with Crippen molar-refractivity contribution in [2.24, 2.45) is 0 Å². The number of nitrogens with one attached hydrogen (secondary N) is 2. The lowest BCUT2D eigenvalue weighted by molar-refractivity contribution is 0.618. The Bertz CT molecular complexity index is 1460. The third kappa shape index (κ3) is 3.06. The number of aromatic amines is 1. The van der Waals surface area contributed by atoms with Gasteiger partial charge >= 0.3 is 0 Å². The highest BCUT2D eigenvalue weighted by Gasteiger charge is 2.15. The molecule has 0 radical (unpaired) electrons. The molecule has 0 fully saturated rings. The number of pyridine rings is 2. The van der Waals surface area contributed by atoms with Crippen molar-refractivity contribution in [3.63, 3.8) is 0 Å². The molecule has 0 spiro atoms. The van der Waals surface area contributed by atoms with E-state index < -0.39 is 17.2 Å². The van der Waals surface area contributed by atoms with Gasteiger partial charge in [0.05, 0.1) is 11.9 Å². The fourth-order valence-electron chi connectivity index (χ4n) is 3.46. The number of hydrogen-bond acceptors (Lipinski definition) is 5. The number of hydrogen-bond donors (Lipinski definition) is 2. The molecule has 5 aromatic rings. The first kappa shape index (κ1) is 17.9. The third-order valence-electron chi connectivity index (χ3n) is 4.80. The first-order valence-corrected chi connectivity index (χ1v) is 9.08. The fourth-order valence-corrected chi connectivity index (χ4v) is 3.46. The largest absolute Gasteiger partial charge is 0.364 e. The number of anilines is 1. The van der Waals surface area contributed by atoms with Crippen LogP contribution in [0.5, 0.6) is 0 Å². The molecule has 0 saturated heterocycles. The minimum absolute atomic E-state index is 0.222. The Labute approximate surface area is 168 Å². The van der Waals surface area contributed by atoms with Crippen LogP contribution in [-0.2, 0) is 6.54 Å². The first-order valence-electron chi connectivity index (χ1n) is 9.08. The van der Waals surface area contributed by atoms with E-state index in [4.69, 9.17) is 0 Å². The van der Waals surface area contributed by atoms with E-state index >= 15 is 0 Å². The topological polar surface area (TPSA) is 88.0 Å². The number of benzene rings is 1. The third-order valence-corrected chi connectivity index (χ3v) is 4.80. The monoisotopic (exact) mass is 404 g/mol. The van der Waals surface area contributed by atoms with E-state index in [1.165, 1.54) is 47.4 Å². The molecule has 0 aliphatic rings. The van der Waals surface area contributed by atoms with Crippen molar-refractivity contribution in [2.45, 2.75) is 6.54 Å². The Kier molecular flexibility index (Phi) is 4.20. The van der Waals surface area contributed by atoms with Crippen LogP contribution < -0.4 is 10.9 Å². The summed E-state index contributed by atoms with van der Waals surface area (Å²) in [6.07, 6.45) is 4.02. The lowest BCUT2D eigenvalue weighted by Crippen LogP contribution is -2.19. The molecular formula is C21H14F2N6O. The molecule has 0 saturated carbocycles. The van der Waals surface area contributed by atoms with Gasteiger partial charge in [-0.3, -0.25) is 9.20 Å². The summed E-state index contributed by atoms with van der Waals surface area (Å²) in [7, 11) is 0. The zero-order valence-electron chi connectivity index (χ0n) is 15.4. The van der Waals surface area contributed by atoms with Gasteiger partial charge in [0.2, 0.25) is 0 Å². The molecule has 0 bridgehead atoms. The van der Waals surface area contributed by atoms with Crippen molar-refractivity contribution in [1.82, 2.24) is 24.3 Å². The summed E-state index contributed by atoms with van der Waals surface area (Å²) < 4.78 is 28.8. The Morgan fingerprint density at radius 3 is 2.80 bits per heavy atom. The van der Waals surface area contributed by atoms with Gasteiger partial charge in [-0.2, -0.15) is 0 Å². The molecule has 2 N–H and O–H groups in total. The number of aromatic nitrogens is 5. The molecule has 0 unspecified atom stereocenters. The van der Waals surface area contributed by atoms with Crippen LogP contribution in [0, 0.1) is 11.6 Å². The number of nitrogens with zero attached hydrogens (tertiary/aromatic N) is 4. The fraction of sp³-hybridized carbons (Fsp3) is 0.0476. The number of halogens is 2. The second-order valence-electron chi connectivity index (χ2n) is 6.68. The van der Waals surface area contributed by atoms with Gasteiger partial charge in [0.1, 0.15) is 23.5 Å². The Hall–Kier alpha value is -4.14. The van der Waals surface area contributed by atoms with Crippen LogP contribution in [0.25, 0.3) is 27.8 Å². The molecule has 4 aromatic heterocycles. The quantitative estimate of drug-likeness (QED) is 0.479. The van der Waals surface area contributed by atoms with Crippen LogP contribution in [0.2, 0.25) is 0 Å². The van der Waals surface area contributed by atoms with Crippen molar-refractivity contribution in [2.75, 3.05) is 5.32 Å². The standard InChI is InChI=1S/C21H14F2N6O/c22-14-3-1-2-12(6-14)17-13(7-16-5-4-15(23)9-29(16)21(17)30)8-24-19-18-20(26-10-25-18)28-11-27-19/h1-7,9-11H,8H2,(H2,24,25,26,27,28). The van der Waals surface area contributed by atoms with E-state index in [0.29, 0.717) is 33.6 Å². The number of rotatable bonds is 4. The maximum Gasteiger partial charge on any atom is 0.263 e. The van der Waals surface area contributed by atoms with Gasteiger partial charge in [-0.1, -0.05) is 12.1 Å². The Morgan fingerprint density at radius 1 is 1.03 bits per heavy atom. The minimum atomic E-state index is -0.539. The van der Waals surface area contributed by atoms with Gasteiger partial charge in [-0.05, 0) is 41.5 Å². The Balaban J connectivity index is 1.66. The highest BCUT2D eigenvalue weighted by atomic mass is 19.1. The average molecular weight is 404 g/mol.